The Morgan fingerprint density at radius 3 is 2.90 bits per heavy atom. The summed E-state index contributed by atoms with van der Waals surface area (Å²) in [4.78, 5) is 18.2. The summed E-state index contributed by atoms with van der Waals surface area (Å²) in [7, 11) is 1.79. The molecule has 21 heavy (non-hydrogen) atoms. The van der Waals surface area contributed by atoms with Crippen molar-refractivity contribution in [1.29, 1.82) is 0 Å². The minimum Gasteiger partial charge on any atom is -0.398 e. The number of rotatable bonds is 4. The van der Waals surface area contributed by atoms with Gasteiger partial charge in [-0.1, -0.05) is 0 Å². The number of benzene rings is 1. The molecule has 0 bridgehead atoms. The molecule has 0 aliphatic rings. The maximum absolute atomic E-state index is 12.1. The van der Waals surface area contributed by atoms with Gasteiger partial charge in [0.15, 0.2) is 0 Å². The predicted octanol–water partition coefficient (Wildman–Crippen LogP) is 2.86. The third-order valence-corrected chi connectivity index (χ3v) is 3.88. The Balaban J connectivity index is 2.35. The van der Waals surface area contributed by atoms with Crippen molar-refractivity contribution in [2.75, 3.05) is 24.6 Å². The van der Waals surface area contributed by atoms with Crippen LogP contribution in [0.3, 0.4) is 0 Å². The van der Waals surface area contributed by atoms with E-state index in [1.165, 1.54) is 0 Å². The molecule has 1 aromatic carbocycles. The van der Waals surface area contributed by atoms with Crippen molar-refractivity contribution < 1.29 is 4.79 Å². The van der Waals surface area contributed by atoms with Crippen molar-refractivity contribution in [3.05, 3.63) is 28.9 Å². The second kappa shape index (κ2) is 6.30. The summed E-state index contributed by atoms with van der Waals surface area (Å²) in [6, 6.07) is 5.27. The molecule has 1 aromatic heterocycles. The van der Waals surface area contributed by atoms with E-state index in [1.807, 2.05) is 32.0 Å². The molecule has 6 heteroatoms. The molecule has 0 fully saturated rings. The number of nitrogens with two attached hydrogens (primary N) is 1. The van der Waals surface area contributed by atoms with Crippen LogP contribution in [0.1, 0.15) is 13.8 Å². The van der Waals surface area contributed by atoms with Gasteiger partial charge in [-0.3, -0.25) is 9.78 Å². The largest absolute Gasteiger partial charge is 0.398 e. The van der Waals surface area contributed by atoms with E-state index in [2.05, 4.69) is 26.2 Å². The van der Waals surface area contributed by atoms with E-state index in [4.69, 9.17) is 5.73 Å². The summed E-state index contributed by atoms with van der Waals surface area (Å²) >= 11 is 3.39. The summed E-state index contributed by atoms with van der Waals surface area (Å²) in [5, 5.41) is 4.08. The van der Waals surface area contributed by atoms with Crippen LogP contribution < -0.4 is 11.1 Å². The number of carbonyl (C=O) groups is 1. The molecule has 0 aliphatic carbocycles. The van der Waals surface area contributed by atoms with Gasteiger partial charge in [-0.15, -0.1) is 0 Å². The van der Waals surface area contributed by atoms with Crippen LogP contribution in [0.25, 0.3) is 10.9 Å². The van der Waals surface area contributed by atoms with Crippen molar-refractivity contribution >= 4 is 44.1 Å². The summed E-state index contributed by atoms with van der Waals surface area (Å²) in [5.74, 6) is 0.0413. The number of halogens is 1. The summed E-state index contributed by atoms with van der Waals surface area (Å²) in [5.41, 5.74) is 8.22. The van der Waals surface area contributed by atoms with Gasteiger partial charge in [-0.05, 0) is 48.0 Å². The molecule has 1 unspecified atom stereocenters. The Labute approximate surface area is 132 Å². The standard InChI is InChI=1S/C15H19BrN4O/c1-4-20(3)15(21)9(2)19-13-6-5-12(17)11-7-10(16)8-18-14(11)13/h5-9,19H,4,17H2,1-3H3. The average molecular weight is 351 g/mol. The molecular formula is C15H19BrN4O. The van der Waals surface area contributed by atoms with Gasteiger partial charge in [0.1, 0.15) is 6.04 Å². The van der Waals surface area contributed by atoms with E-state index >= 15 is 0 Å². The molecule has 1 amide bonds. The zero-order valence-electron chi connectivity index (χ0n) is 12.4. The molecule has 1 atom stereocenters. The molecule has 2 rings (SSSR count). The van der Waals surface area contributed by atoms with E-state index in [1.54, 1.807) is 18.1 Å². The number of nitrogens with zero attached hydrogens (tertiary/aromatic N) is 2. The zero-order chi connectivity index (χ0) is 15.6. The Morgan fingerprint density at radius 1 is 1.52 bits per heavy atom. The van der Waals surface area contributed by atoms with E-state index in [-0.39, 0.29) is 11.9 Å². The number of nitrogen functional groups attached to an aromatic ring is 1. The molecule has 3 N–H and O–H groups in total. The third-order valence-electron chi connectivity index (χ3n) is 3.44. The number of likely N-dealkylation sites (N-methyl/N-ethyl adjacent to an activating group) is 1. The Morgan fingerprint density at radius 2 is 2.24 bits per heavy atom. The van der Waals surface area contributed by atoms with Crippen LogP contribution in [0, 0.1) is 0 Å². The maximum atomic E-state index is 12.1. The highest BCUT2D eigenvalue weighted by Crippen LogP contribution is 2.29. The van der Waals surface area contributed by atoms with Crippen molar-refractivity contribution in [1.82, 2.24) is 9.88 Å². The van der Waals surface area contributed by atoms with Crippen LogP contribution in [-0.2, 0) is 4.79 Å². The maximum Gasteiger partial charge on any atom is 0.244 e. The first-order valence-corrected chi connectivity index (χ1v) is 7.58. The van der Waals surface area contributed by atoms with Gasteiger partial charge in [-0.2, -0.15) is 0 Å². The predicted molar refractivity (Wildman–Crippen MR) is 90.3 cm³/mol. The average Bonchev–Trinajstić information content (AvgIpc) is 2.48. The van der Waals surface area contributed by atoms with Crippen molar-refractivity contribution in [2.24, 2.45) is 0 Å². The van der Waals surface area contributed by atoms with E-state index in [9.17, 15) is 4.79 Å². The van der Waals surface area contributed by atoms with Gasteiger partial charge in [0, 0.05) is 35.3 Å². The van der Waals surface area contributed by atoms with Crippen LogP contribution in [0.5, 0.6) is 0 Å². The summed E-state index contributed by atoms with van der Waals surface area (Å²) in [6.07, 6.45) is 1.72. The minimum absolute atomic E-state index is 0.0413. The number of carbonyl (C=O) groups excluding carboxylic acids is 1. The number of hydrogen-bond acceptors (Lipinski definition) is 4. The lowest BCUT2D eigenvalue weighted by atomic mass is 10.1. The van der Waals surface area contributed by atoms with E-state index in [0.717, 1.165) is 21.1 Å². The highest BCUT2D eigenvalue weighted by atomic mass is 79.9. The first-order chi connectivity index (χ1) is 9.93. The third kappa shape index (κ3) is 3.26. The monoisotopic (exact) mass is 350 g/mol. The molecule has 5 nitrogen and oxygen atoms in total. The molecule has 0 spiro atoms. The second-order valence-corrected chi connectivity index (χ2v) is 5.89. The molecule has 112 valence electrons. The summed E-state index contributed by atoms with van der Waals surface area (Å²) < 4.78 is 0.869. The van der Waals surface area contributed by atoms with Crippen LogP contribution in [0.15, 0.2) is 28.9 Å². The number of fused-ring (bicyclic) bond motifs is 1. The lowest BCUT2D eigenvalue weighted by Gasteiger charge is -2.22. The van der Waals surface area contributed by atoms with E-state index in [0.29, 0.717) is 12.2 Å². The fraction of sp³-hybridized carbons (Fsp3) is 0.333. The lowest BCUT2D eigenvalue weighted by Crippen LogP contribution is -2.38. The number of aromatic nitrogens is 1. The van der Waals surface area contributed by atoms with Gasteiger partial charge in [-0.25, -0.2) is 0 Å². The summed E-state index contributed by atoms with van der Waals surface area (Å²) in [6.45, 7) is 4.47. The number of pyridine rings is 1. The van der Waals surface area contributed by atoms with Crippen molar-refractivity contribution in [3.8, 4) is 0 Å². The number of amides is 1. The van der Waals surface area contributed by atoms with Crippen LogP contribution >= 0.6 is 15.9 Å². The van der Waals surface area contributed by atoms with Crippen LogP contribution in [0.2, 0.25) is 0 Å². The molecule has 2 aromatic rings. The molecule has 0 saturated carbocycles. The van der Waals surface area contributed by atoms with Crippen molar-refractivity contribution in [2.45, 2.75) is 19.9 Å². The minimum atomic E-state index is -0.327. The zero-order valence-corrected chi connectivity index (χ0v) is 13.9. The molecule has 0 radical (unpaired) electrons. The number of nitrogens with one attached hydrogen (secondary N) is 1. The van der Waals surface area contributed by atoms with Gasteiger partial charge in [0.05, 0.1) is 11.2 Å². The van der Waals surface area contributed by atoms with Gasteiger partial charge >= 0.3 is 0 Å². The highest BCUT2D eigenvalue weighted by Gasteiger charge is 2.17. The Bertz CT molecular complexity index is 674. The SMILES string of the molecule is CCN(C)C(=O)C(C)Nc1ccc(N)c2cc(Br)cnc12. The topological polar surface area (TPSA) is 71.2 Å². The van der Waals surface area contributed by atoms with Crippen molar-refractivity contribution in [3.63, 3.8) is 0 Å². The lowest BCUT2D eigenvalue weighted by molar-refractivity contribution is -0.130. The van der Waals surface area contributed by atoms with Gasteiger partial charge in [0.2, 0.25) is 5.91 Å². The van der Waals surface area contributed by atoms with E-state index < -0.39 is 0 Å². The Kier molecular flexibility index (Phi) is 4.67. The second-order valence-electron chi connectivity index (χ2n) is 4.97. The molecule has 0 saturated heterocycles. The van der Waals surface area contributed by atoms with Crippen LogP contribution in [0.4, 0.5) is 11.4 Å². The normalized spacial score (nSPS) is 12.2. The Hall–Kier alpha value is -1.82. The highest BCUT2D eigenvalue weighted by molar-refractivity contribution is 9.10. The number of hydrogen-bond donors (Lipinski definition) is 2. The molecular weight excluding hydrogens is 332 g/mol. The van der Waals surface area contributed by atoms with Crippen LogP contribution in [-0.4, -0.2) is 35.4 Å². The molecule has 0 aliphatic heterocycles. The first kappa shape index (κ1) is 15.6. The fourth-order valence-electron chi connectivity index (χ4n) is 2.11. The fourth-order valence-corrected chi connectivity index (χ4v) is 2.44. The smallest absolute Gasteiger partial charge is 0.244 e. The van der Waals surface area contributed by atoms with Gasteiger partial charge in [0.25, 0.3) is 0 Å². The van der Waals surface area contributed by atoms with Gasteiger partial charge < -0.3 is 16.0 Å². The number of anilines is 2. The molecule has 1 heterocycles. The quantitative estimate of drug-likeness (QED) is 0.831. The first-order valence-electron chi connectivity index (χ1n) is 6.79.